The molecule has 5 nitrogen and oxygen atoms in total. The highest BCUT2D eigenvalue weighted by Crippen LogP contribution is 2.43. The molecule has 0 spiro atoms. The number of fused-ring (bicyclic) bond motifs is 1. The van der Waals surface area contributed by atoms with E-state index in [1.165, 1.54) is 16.2 Å². The van der Waals surface area contributed by atoms with Crippen molar-refractivity contribution in [2.45, 2.75) is 39.0 Å². The van der Waals surface area contributed by atoms with Crippen LogP contribution in [0.2, 0.25) is 0 Å². The second-order valence-electron chi connectivity index (χ2n) is 6.31. The SMILES string of the molecule is CCOC(=O)c1c(NC(=O)COc2ccccc2)sc2c1C(C)CCC2. The predicted molar refractivity (Wildman–Crippen MR) is 102 cm³/mol. The average Bonchev–Trinajstić information content (AvgIpc) is 3.00. The first-order chi connectivity index (χ1) is 12.6. The number of amides is 1. The number of hydrogen-bond acceptors (Lipinski definition) is 5. The quantitative estimate of drug-likeness (QED) is 0.763. The molecule has 1 aromatic carbocycles. The van der Waals surface area contributed by atoms with Crippen LogP contribution < -0.4 is 10.1 Å². The molecule has 3 rings (SSSR count). The van der Waals surface area contributed by atoms with E-state index in [4.69, 9.17) is 9.47 Å². The molecule has 6 heteroatoms. The van der Waals surface area contributed by atoms with Crippen molar-refractivity contribution in [2.24, 2.45) is 0 Å². The van der Waals surface area contributed by atoms with Gasteiger partial charge in [-0.15, -0.1) is 11.3 Å². The first-order valence-electron chi connectivity index (χ1n) is 8.90. The Balaban J connectivity index is 1.78. The lowest BCUT2D eigenvalue weighted by molar-refractivity contribution is -0.118. The summed E-state index contributed by atoms with van der Waals surface area (Å²) >= 11 is 1.48. The minimum Gasteiger partial charge on any atom is -0.484 e. The average molecular weight is 373 g/mol. The van der Waals surface area contributed by atoms with Gasteiger partial charge in [0.2, 0.25) is 0 Å². The molecule has 2 aromatic rings. The fourth-order valence-electron chi connectivity index (χ4n) is 3.23. The third-order valence-corrected chi connectivity index (χ3v) is 5.58. The zero-order chi connectivity index (χ0) is 18.5. The van der Waals surface area contributed by atoms with Crippen LogP contribution in [-0.2, 0) is 16.0 Å². The molecule has 0 saturated heterocycles. The fraction of sp³-hybridized carbons (Fsp3) is 0.400. The number of anilines is 1. The van der Waals surface area contributed by atoms with Gasteiger partial charge in [-0.2, -0.15) is 0 Å². The summed E-state index contributed by atoms with van der Waals surface area (Å²) in [7, 11) is 0. The van der Waals surface area contributed by atoms with Crippen molar-refractivity contribution in [1.29, 1.82) is 0 Å². The van der Waals surface area contributed by atoms with Crippen molar-refractivity contribution in [3.63, 3.8) is 0 Å². The molecule has 0 fully saturated rings. The van der Waals surface area contributed by atoms with E-state index < -0.39 is 0 Å². The Morgan fingerprint density at radius 3 is 2.77 bits per heavy atom. The highest BCUT2D eigenvalue weighted by atomic mass is 32.1. The normalized spacial score (nSPS) is 15.8. The second kappa shape index (κ2) is 8.36. The van der Waals surface area contributed by atoms with Gasteiger partial charge in [-0.1, -0.05) is 25.1 Å². The highest BCUT2D eigenvalue weighted by Gasteiger charge is 2.30. The molecule has 0 saturated carbocycles. The maximum absolute atomic E-state index is 12.5. The standard InChI is InChI=1S/C20H23NO4S/c1-3-24-20(23)18-17-13(2)8-7-11-15(17)26-19(18)21-16(22)12-25-14-9-5-4-6-10-14/h4-6,9-10,13H,3,7-8,11-12H2,1-2H3,(H,21,22). The van der Waals surface area contributed by atoms with E-state index in [1.807, 2.05) is 18.2 Å². The van der Waals surface area contributed by atoms with Crippen LogP contribution in [0.15, 0.2) is 30.3 Å². The van der Waals surface area contributed by atoms with Crippen LogP contribution in [0.1, 0.15) is 53.4 Å². The Morgan fingerprint density at radius 1 is 1.27 bits per heavy atom. The summed E-state index contributed by atoms with van der Waals surface area (Å²) in [5.41, 5.74) is 1.56. The number of hydrogen-bond donors (Lipinski definition) is 1. The zero-order valence-electron chi connectivity index (χ0n) is 15.0. The number of carbonyl (C=O) groups is 2. The maximum atomic E-state index is 12.5. The van der Waals surface area contributed by atoms with Crippen molar-refractivity contribution >= 4 is 28.2 Å². The third kappa shape index (κ3) is 4.07. The largest absolute Gasteiger partial charge is 0.484 e. The highest BCUT2D eigenvalue weighted by molar-refractivity contribution is 7.17. The predicted octanol–water partition coefficient (Wildman–Crippen LogP) is 4.38. The number of ether oxygens (including phenoxy) is 2. The van der Waals surface area contributed by atoms with Crippen LogP contribution in [0.25, 0.3) is 0 Å². The van der Waals surface area contributed by atoms with Gasteiger partial charge in [0.05, 0.1) is 12.2 Å². The Labute approximate surface area is 157 Å². The number of esters is 1. The number of carbonyl (C=O) groups excluding carboxylic acids is 2. The van der Waals surface area contributed by atoms with Crippen LogP contribution in [0.4, 0.5) is 5.00 Å². The van der Waals surface area contributed by atoms with Gasteiger partial charge in [-0.3, -0.25) is 4.79 Å². The summed E-state index contributed by atoms with van der Waals surface area (Å²) < 4.78 is 10.7. The van der Waals surface area contributed by atoms with Gasteiger partial charge in [0, 0.05) is 4.88 Å². The van der Waals surface area contributed by atoms with Crippen molar-refractivity contribution in [2.75, 3.05) is 18.5 Å². The molecule has 0 bridgehead atoms. The molecule has 1 aromatic heterocycles. The van der Waals surface area contributed by atoms with E-state index in [9.17, 15) is 9.59 Å². The van der Waals surface area contributed by atoms with Crippen molar-refractivity contribution in [3.05, 3.63) is 46.3 Å². The van der Waals surface area contributed by atoms with Gasteiger partial charge in [-0.25, -0.2) is 4.79 Å². The van der Waals surface area contributed by atoms with Crippen LogP contribution in [0.5, 0.6) is 5.75 Å². The smallest absolute Gasteiger partial charge is 0.341 e. The van der Waals surface area contributed by atoms with Gasteiger partial charge < -0.3 is 14.8 Å². The number of nitrogens with one attached hydrogen (secondary N) is 1. The Bertz CT molecular complexity index is 785. The van der Waals surface area contributed by atoms with Crippen LogP contribution in [0, 0.1) is 0 Å². The van der Waals surface area contributed by atoms with E-state index in [0.717, 1.165) is 24.8 Å². The zero-order valence-corrected chi connectivity index (χ0v) is 15.9. The summed E-state index contributed by atoms with van der Waals surface area (Å²) in [5.74, 6) is 0.275. The Hall–Kier alpha value is -2.34. The Kier molecular flexibility index (Phi) is 5.93. The van der Waals surface area contributed by atoms with Gasteiger partial charge >= 0.3 is 5.97 Å². The molecule has 0 aliphatic heterocycles. The van der Waals surface area contributed by atoms with Crippen LogP contribution in [-0.4, -0.2) is 25.1 Å². The van der Waals surface area contributed by atoms with E-state index in [2.05, 4.69) is 12.2 Å². The van der Waals surface area contributed by atoms with E-state index in [-0.39, 0.29) is 18.5 Å². The Morgan fingerprint density at radius 2 is 2.04 bits per heavy atom. The topological polar surface area (TPSA) is 64.6 Å². The van der Waals surface area contributed by atoms with Crippen molar-refractivity contribution in [1.82, 2.24) is 0 Å². The first kappa shape index (κ1) is 18.5. The lowest BCUT2D eigenvalue weighted by Crippen LogP contribution is -2.21. The molecule has 0 radical (unpaired) electrons. The number of benzene rings is 1. The summed E-state index contributed by atoms with van der Waals surface area (Å²) in [6, 6.07) is 9.17. The van der Waals surface area contributed by atoms with Gasteiger partial charge in [0.25, 0.3) is 5.91 Å². The number of aryl methyl sites for hydroxylation is 1. The molecular formula is C20H23NO4S. The second-order valence-corrected chi connectivity index (χ2v) is 7.41. The minimum absolute atomic E-state index is 0.107. The van der Waals surface area contributed by atoms with Gasteiger partial charge in [0.1, 0.15) is 10.8 Å². The van der Waals surface area contributed by atoms with Crippen molar-refractivity contribution < 1.29 is 19.1 Å². The molecule has 26 heavy (non-hydrogen) atoms. The molecule has 1 aliphatic carbocycles. The molecule has 1 heterocycles. The van der Waals surface area contributed by atoms with Gasteiger partial charge in [-0.05, 0) is 49.8 Å². The summed E-state index contributed by atoms with van der Waals surface area (Å²) in [5, 5.41) is 3.42. The summed E-state index contributed by atoms with van der Waals surface area (Å²) in [6.45, 7) is 4.11. The van der Waals surface area contributed by atoms with E-state index in [1.54, 1.807) is 19.1 Å². The van der Waals surface area contributed by atoms with Crippen LogP contribution in [0.3, 0.4) is 0 Å². The number of thiophene rings is 1. The molecule has 1 aliphatic rings. The molecule has 1 N–H and O–H groups in total. The monoisotopic (exact) mass is 373 g/mol. The lowest BCUT2D eigenvalue weighted by Gasteiger charge is -2.19. The number of para-hydroxylation sites is 1. The first-order valence-corrected chi connectivity index (χ1v) is 9.72. The molecule has 1 amide bonds. The molecule has 1 atom stereocenters. The summed E-state index contributed by atoms with van der Waals surface area (Å²) in [6.07, 6.45) is 3.08. The van der Waals surface area contributed by atoms with Gasteiger partial charge in [0.15, 0.2) is 6.61 Å². The molecule has 138 valence electrons. The fourth-order valence-corrected chi connectivity index (χ4v) is 4.60. The third-order valence-electron chi connectivity index (χ3n) is 4.40. The maximum Gasteiger partial charge on any atom is 0.341 e. The van der Waals surface area contributed by atoms with E-state index in [0.29, 0.717) is 28.8 Å². The lowest BCUT2D eigenvalue weighted by atomic mass is 9.86. The molecule has 1 unspecified atom stereocenters. The number of rotatable bonds is 6. The minimum atomic E-state index is -0.363. The molecular weight excluding hydrogens is 350 g/mol. The van der Waals surface area contributed by atoms with Crippen LogP contribution >= 0.6 is 11.3 Å². The summed E-state index contributed by atoms with van der Waals surface area (Å²) in [4.78, 5) is 26.0. The van der Waals surface area contributed by atoms with E-state index >= 15 is 0 Å². The van der Waals surface area contributed by atoms with Crippen molar-refractivity contribution in [3.8, 4) is 5.75 Å².